The van der Waals surface area contributed by atoms with Crippen LogP contribution in [-0.2, 0) is 0 Å². The van der Waals surface area contributed by atoms with Gasteiger partial charge in [0.15, 0.2) is 17.1 Å². The first-order valence-corrected chi connectivity index (χ1v) is 8.51. The average molecular weight is 363 g/mol. The maximum Gasteiger partial charge on any atom is 0.322 e. The summed E-state index contributed by atoms with van der Waals surface area (Å²) in [7, 11) is 0. The summed E-state index contributed by atoms with van der Waals surface area (Å²) in [6, 6.07) is 14.6. The molecule has 136 valence electrons. The first-order valence-electron chi connectivity index (χ1n) is 8.51. The average Bonchev–Trinajstić information content (AvgIpc) is 3.29. The van der Waals surface area contributed by atoms with Crippen LogP contribution in [0.4, 0.5) is 6.01 Å². The Bertz CT molecular complexity index is 1100. The van der Waals surface area contributed by atoms with Crippen LogP contribution in [0.15, 0.2) is 57.4 Å². The highest BCUT2D eigenvalue weighted by Crippen LogP contribution is 2.33. The molecule has 2 heterocycles. The van der Waals surface area contributed by atoms with E-state index in [4.69, 9.17) is 13.6 Å². The van der Waals surface area contributed by atoms with Gasteiger partial charge in [-0.25, -0.2) is 0 Å². The van der Waals surface area contributed by atoms with E-state index < -0.39 is 0 Å². The third-order valence-electron chi connectivity index (χ3n) is 3.98. The second-order valence-corrected chi connectivity index (χ2v) is 5.95. The molecule has 1 amide bonds. The summed E-state index contributed by atoms with van der Waals surface area (Å²) in [5, 5.41) is 11.3. The number of hydrogen-bond acceptors (Lipinski definition) is 6. The lowest BCUT2D eigenvalue weighted by Crippen LogP contribution is -2.11. The van der Waals surface area contributed by atoms with Crippen molar-refractivity contribution in [2.75, 3.05) is 11.9 Å². The lowest BCUT2D eigenvalue weighted by atomic mass is 10.1. The number of hydrogen-bond donors (Lipinski definition) is 1. The maximum absolute atomic E-state index is 12.2. The molecule has 7 heteroatoms. The molecule has 1 N–H and O–H groups in total. The number of carbonyl (C=O) groups is 1. The van der Waals surface area contributed by atoms with Crippen molar-refractivity contribution >= 4 is 22.9 Å². The normalized spacial score (nSPS) is 10.9. The second kappa shape index (κ2) is 6.95. The van der Waals surface area contributed by atoms with Crippen molar-refractivity contribution in [3.05, 3.63) is 59.7 Å². The summed E-state index contributed by atoms with van der Waals surface area (Å²) < 4.78 is 16.9. The predicted molar refractivity (Wildman–Crippen MR) is 99.8 cm³/mol. The van der Waals surface area contributed by atoms with Gasteiger partial charge in [0.2, 0.25) is 0 Å². The molecule has 0 aliphatic heterocycles. The maximum atomic E-state index is 12.2. The quantitative estimate of drug-likeness (QED) is 0.564. The molecule has 0 spiro atoms. The van der Waals surface area contributed by atoms with E-state index in [-0.39, 0.29) is 17.8 Å². The standard InChI is InChI=1S/C20H17N3O4/c1-3-25-15-6-4-5-14-11-16(26-17(14)15)19-22-23-20(27-19)21-18(24)13-9-7-12(2)8-10-13/h4-11H,3H2,1-2H3,(H,21,23,24). The Morgan fingerprint density at radius 2 is 1.93 bits per heavy atom. The third kappa shape index (κ3) is 3.39. The molecule has 4 aromatic rings. The Morgan fingerprint density at radius 1 is 1.11 bits per heavy atom. The van der Waals surface area contributed by atoms with Crippen LogP contribution in [0.1, 0.15) is 22.8 Å². The summed E-state index contributed by atoms with van der Waals surface area (Å²) in [6.45, 7) is 4.39. The monoisotopic (exact) mass is 363 g/mol. The summed E-state index contributed by atoms with van der Waals surface area (Å²) in [6.07, 6.45) is 0. The topological polar surface area (TPSA) is 90.4 Å². The molecule has 0 unspecified atom stereocenters. The van der Waals surface area contributed by atoms with Crippen molar-refractivity contribution in [1.29, 1.82) is 0 Å². The van der Waals surface area contributed by atoms with E-state index in [9.17, 15) is 4.79 Å². The first-order chi connectivity index (χ1) is 13.1. The molecule has 0 fully saturated rings. The molecular formula is C20H17N3O4. The van der Waals surface area contributed by atoms with Crippen LogP contribution >= 0.6 is 0 Å². The Hall–Kier alpha value is -3.61. The Morgan fingerprint density at radius 3 is 2.70 bits per heavy atom. The van der Waals surface area contributed by atoms with E-state index >= 15 is 0 Å². The Labute approximate surface area is 155 Å². The van der Waals surface area contributed by atoms with E-state index in [1.165, 1.54) is 0 Å². The fourth-order valence-corrected chi connectivity index (χ4v) is 2.66. The molecule has 2 aromatic heterocycles. The minimum absolute atomic E-state index is 0.000984. The SMILES string of the molecule is CCOc1cccc2cc(-c3nnc(NC(=O)c4ccc(C)cc4)o3)oc12. The predicted octanol–water partition coefficient (Wildman–Crippen LogP) is 4.44. The highest BCUT2D eigenvalue weighted by Gasteiger charge is 2.17. The number of nitrogens with one attached hydrogen (secondary N) is 1. The molecule has 4 rings (SSSR count). The zero-order valence-electron chi connectivity index (χ0n) is 14.9. The van der Waals surface area contributed by atoms with Gasteiger partial charge >= 0.3 is 6.01 Å². The fraction of sp³-hybridized carbons (Fsp3) is 0.150. The molecule has 0 atom stereocenters. The van der Waals surface area contributed by atoms with Gasteiger partial charge in [-0.3, -0.25) is 10.1 Å². The molecule has 7 nitrogen and oxygen atoms in total. The Kier molecular flexibility index (Phi) is 4.33. The number of anilines is 1. The lowest BCUT2D eigenvalue weighted by Gasteiger charge is -2.01. The number of aromatic nitrogens is 2. The van der Waals surface area contributed by atoms with Gasteiger partial charge in [0.05, 0.1) is 6.61 Å². The number of ether oxygens (including phenoxy) is 1. The zero-order valence-corrected chi connectivity index (χ0v) is 14.9. The highest BCUT2D eigenvalue weighted by molar-refractivity contribution is 6.03. The van der Waals surface area contributed by atoms with Crippen molar-refractivity contribution in [3.8, 4) is 17.4 Å². The molecule has 0 saturated heterocycles. The van der Waals surface area contributed by atoms with Crippen LogP contribution in [0.2, 0.25) is 0 Å². The molecule has 0 saturated carbocycles. The summed E-state index contributed by atoms with van der Waals surface area (Å²) in [5.74, 6) is 0.899. The van der Waals surface area contributed by atoms with Gasteiger partial charge < -0.3 is 13.6 Å². The Balaban J connectivity index is 1.57. The van der Waals surface area contributed by atoms with Gasteiger partial charge in [0.25, 0.3) is 11.8 Å². The van der Waals surface area contributed by atoms with Crippen LogP contribution in [0.5, 0.6) is 5.75 Å². The van der Waals surface area contributed by atoms with E-state index in [1.807, 2.05) is 44.2 Å². The summed E-state index contributed by atoms with van der Waals surface area (Å²) in [4.78, 5) is 12.2. The number of nitrogens with zero attached hydrogens (tertiary/aromatic N) is 2. The van der Waals surface area contributed by atoms with Crippen molar-refractivity contribution in [1.82, 2.24) is 10.2 Å². The smallest absolute Gasteiger partial charge is 0.322 e. The number of benzene rings is 2. The number of furan rings is 1. The third-order valence-corrected chi connectivity index (χ3v) is 3.98. The van der Waals surface area contributed by atoms with Gasteiger partial charge in [-0.2, -0.15) is 0 Å². The molecule has 0 radical (unpaired) electrons. The van der Waals surface area contributed by atoms with E-state index in [0.717, 1.165) is 10.9 Å². The zero-order chi connectivity index (χ0) is 18.8. The van der Waals surface area contributed by atoms with E-state index in [1.54, 1.807) is 18.2 Å². The second-order valence-electron chi connectivity index (χ2n) is 5.95. The fourth-order valence-electron chi connectivity index (χ4n) is 2.66. The van der Waals surface area contributed by atoms with Gasteiger partial charge in [-0.05, 0) is 38.1 Å². The summed E-state index contributed by atoms with van der Waals surface area (Å²) in [5.41, 5.74) is 2.19. The molecule has 0 bridgehead atoms. The minimum atomic E-state index is -0.326. The summed E-state index contributed by atoms with van der Waals surface area (Å²) >= 11 is 0. The molecule has 0 aliphatic rings. The molecule has 2 aromatic carbocycles. The van der Waals surface area contributed by atoms with Crippen LogP contribution in [0.25, 0.3) is 22.6 Å². The van der Waals surface area contributed by atoms with Gasteiger partial charge in [0.1, 0.15) is 0 Å². The number of amides is 1. The van der Waals surface area contributed by atoms with E-state index in [2.05, 4.69) is 15.5 Å². The number of para-hydroxylation sites is 1. The van der Waals surface area contributed by atoms with Gasteiger partial charge in [-0.15, -0.1) is 5.10 Å². The van der Waals surface area contributed by atoms with Crippen LogP contribution < -0.4 is 10.1 Å². The van der Waals surface area contributed by atoms with Crippen molar-refractivity contribution in [2.45, 2.75) is 13.8 Å². The van der Waals surface area contributed by atoms with Crippen molar-refractivity contribution in [2.24, 2.45) is 0 Å². The molecule has 0 aliphatic carbocycles. The highest BCUT2D eigenvalue weighted by atomic mass is 16.5. The van der Waals surface area contributed by atoms with Crippen LogP contribution in [0.3, 0.4) is 0 Å². The molecular weight excluding hydrogens is 346 g/mol. The molecule has 27 heavy (non-hydrogen) atoms. The van der Waals surface area contributed by atoms with Crippen molar-refractivity contribution in [3.63, 3.8) is 0 Å². The largest absolute Gasteiger partial charge is 0.490 e. The number of rotatable bonds is 5. The van der Waals surface area contributed by atoms with Crippen molar-refractivity contribution < 1.29 is 18.4 Å². The number of aryl methyl sites for hydroxylation is 1. The van der Waals surface area contributed by atoms with E-state index in [0.29, 0.717) is 29.3 Å². The lowest BCUT2D eigenvalue weighted by molar-refractivity contribution is 0.102. The van der Waals surface area contributed by atoms with Gasteiger partial charge in [-0.1, -0.05) is 34.9 Å². The van der Waals surface area contributed by atoms with Crippen LogP contribution in [-0.4, -0.2) is 22.7 Å². The number of fused-ring (bicyclic) bond motifs is 1. The first kappa shape index (κ1) is 16.8. The minimum Gasteiger partial charge on any atom is -0.490 e. The van der Waals surface area contributed by atoms with Crippen LogP contribution in [0, 0.1) is 6.92 Å². The van der Waals surface area contributed by atoms with Gasteiger partial charge in [0, 0.05) is 10.9 Å². The number of carbonyl (C=O) groups excluding carboxylic acids is 1.